The van der Waals surface area contributed by atoms with Gasteiger partial charge in [0.25, 0.3) is 5.91 Å². The van der Waals surface area contributed by atoms with E-state index in [9.17, 15) is 18.7 Å². The van der Waals surface area contributed by atoms with Gasteiger partial charge in [0, 0.05) is 36.8 Å². The lowest BCUT2D eigenvalue weighted by Crippen LogP contribution is -2.62. The van der Waals surface area contributed by atoms with Crippen molar-refractivity contribution in [3.8, 4) is 5.75 Å². The Morgan fingerprint density at radius 3 is 2.74 bits per heavy atom. The highest BCUT2D eigenvalue weighted by Crippen LogP contribution is 2.51. The Hall–Kier alpha value is -3.80. The molecule has 0 unspecified atom stereocenters. The molecule has 11 heteroatoms. The number of para-hydroxylation sites is 1. The number of pyridine rings is 1. The number of fused-ring (bicyclic) bond motifs is 1. The maximum absolute atomic E-state index is 12.9. The lowest BCUT2D eigenvalue weighted by Gasteiger charge is -2.39. The Kier molecular flexibility index (Phi) is 7.10. The van der Waals surface area contributed by atoms with Crippen molar-refractivity contribution in [1.82, 2.24) is 20.5 Å². The van der Waals surface area contributed by atoms with Crippen LogP contribution in [0.2, 0.25) is 0 Å². The molecule has 0 bridgehead atoms. The van der Waals surface area contributed by atoms with Crippen LogP contribution in [0.25, 0.3) is 10.9 Å². The van der Waals surface area contributed by atoms with Crippen LogP contribution in [0.3, 0.4) is 0 Å². The molecular weight excluding hydrogens is 470 g/mol. The van der Waals surface area contributed by atoms with Crippen molar-refractivity contribution >= 4 is 39.3 Å². The van der Waals surface area contributed by atoms with E-state index in [0.717, 1.165) is 5.39 Å². The number of amides is 3. The Morgan fingerprint density at radius 2 is 2.00 bits per heavy atom. The number of hydrogen-bond acceptors (Lipinski definition) is 7. The van der Waals surface area contributed by atoms with E-state index in [-0.39, 0.29) is 28.6 Å². The number of hydrogen-bond donors (Lipinski definition) is 5. The third-order valence-corrected chi connectivity index (χ3v) is 6.96. The highest BCUT2D eigenvalue weighted by Gasteiger charge is 2.32. The Bertz CT molecular complexity index is 1260. The van der Waals surface area contributed by atoms with Crippen molar-refractivity contribution in [2.24, 2.45) is 0 Å². The average molecular weight is 498 g/mol. The third-order valence-electron chi connectivity index (χ3n) is 5.51. The van der Waals surface area contributed by atoms with E-state index in [1.54, 1.807) is 53.6 Å². The molecule has 1 fully saturated rings. The molecule has 1 aliphatic heterocycles. The summed E-state index contributed by atoms with van der Waals surface area (Å²) in [6, 6.07) is 13.0. The molecule has 3 amide bonds. The van der Waals surface area contributed by atoms with Gasteiger partial charge in [-0.15, -0.1) is 6.58 Å². The summed E-state index contributed by atoms with van der Waals surface area (Å²) in [6.45, 7) is 4.68. The van der Waals surface area contributed by atoms with Crippen molar-refractivity contribution in [3.63, 3.8) is 0 Å². The Labute approximate surface area is 204 Å². The van der Waals surface area contributed by atoms with Crippen LogP contribution < -0.4 is 20.1 Å². The second-order valence-electron chi connectivity index (χ2n) is 7.95. The number of carbonyl (C=O) groups is 2. The summed E-state index contributed by atoms with van der Waals surface area (Å²) in [7, 11) is -2.05. The summed E-state index contributed by atoms with van der Waals surface area (Å²) >= 11 is 0. The molecule has 10 nitrogen and oxygen atoms in total. The van der Waals surface area contributed by atoms with Gasteiger partial charge in [0.15, 0.2) is 0 Å². The zero-order valence-corrected chi connectivity index (χ0v) is 19.9. The number of methoxy groups -OCH3 is 1. The van der Waals surface area contributed by atoms with Crippen LogP contribution in [0.1, 0.15) is 10.4 Å². The SMILES string of the molecule is C=CCNC(=O)NC1CN(C(=O)c2ccc(NS(O)(O)c3cccc4cccnc34)c(OC)c2)C1. The van der Waals surface area contributed by atoms with Crippen LogP contribution in [0, 0.1) is 0 Å². The molecule has 1 saturated heterocycles. The lowest BCUT2D eigenvalue weighted by molar-refractivity contribution is 0.0577. The van der Waals surface area contributed by atoms with Crippen molar-refractivity contribution in [1.29, 1.82) is 0 Å². The van der Waals surface area contributed by atoms with E-state index < -0.39 is 10.8 Å². The van der Waals surface area contributed by atoms with Crippen LogP contribution in [0.15, 0.2) is 72.3 Å². The molecule has 0 spiro atoms. The molecule has 0 radical (unpaired) electrons. The first-order valence-corrected chi connectivity index (χ1v) is 12.4. The number of carbonyl (C=O) groups excluding carboxylic acids is 2. The monoisotopic (exact) mass is 497 g/mol. The average Bonchev–Trinajstić information content (AvgIpc) is 2.84. The standard InChI is InChI=1S/C24H27N5O5S/c1-3-11-26-24(31)27-18-14-29(15-18)23(30)17-9-10-19(20(13-17)34-2)28-35(32,33)21-8-4-6-16-7-5-12-25-22(16)21/h3-10,12-13,18,28,32-33H,1,11,14-15H2,2H3,(H2,26,27,31). The van der Waals surface area contributed by atoms with E-state index in [2.05, 4.69) is 26.9 Å². The molecule has 1 aliphatic rings. The molecular formula is C24H27N5O5S. The molecule has 0 saturated carbocycles. The minimum absolute atomic E-state index is 0.131. The maximum atomic E-state index is 12.9. The van der Waals surface area contributed by atoms with Crippen LogP contribution in [-0.2, 0) is 0 Å². The first-order chi connectivity index (χ1) is 16.8. The summed E-state index contributed by atoms with van der Waals surface area (Å²) in [5.74, 6) is 0.0623. The third kappa shape index (κ3) is 5.32. The van der Waals surface area contributed by atoms with Gasteiger partial charge in [0.05, 0.1) is 24.4 Å². The van der Waals surface area contributed by atoms with Gasteiger partial charge in [-0.05, 0) is 30.3 Å². The summed E-state index contributed by atoms with van der Waals surface area (Å²) < 4.78 is 30.1. The molecule has 2 aromatic carbocycles. The van der Waals surface area contributed by atoms with Gasteiger partial charge in [-0.1, -0.05) is 35.1 Å². The smallest absolute Gasteiger partial charge is 0.315 e. The zero-order chi connectivity index (χ0) is 25.0. The predicted octanol–water partition coefficient (Wildman–Crippen LogP) is 3.69. The van der Waals surface area contributed by atoms with Crippen LogP contribution in [0.5, 0.6) is 5.75 Å². The normalized spacial score (nSPS) is 14.1. The van der Waals surface area contributed by atoms with Crippen molar-refractivity contribution < 1.29 is 23.4 Å². The van der Waals surface area contributed by atoms with Gasteiger partial charge in [-0.25, -0.2) is 4.79 Å². The summed E-state index contributed by atoms with van der Waals surface area (Å²) in [5.41, 5.74) is 1.18. The summed E-state index contributed by atoms with van der Waals surface area (Å²) in [4.78, 5) is 30.7. The topological polar surface area (TPSA) is 136 Å². The highest BCUT2D eigenvalue weighted by atomic mass is 32.3. The molecule has 5 N–H and O–H groups in total. The van der Waals surface area contributed by atoms with Gasteiger partial charge < -0.3 is 20.3 Å². The van der Waals surface area contributed by atoms with Gasteiger partial charge in [-0.3, -0.25) is 23.6 Å². The Morgan fingerprint density at radius 1 is 1.23 bits per heavy atom. The number of nitrogens with zero attached hydrogens (tertiary/aromatic N) is 2. The number of aromatic nitrogens is 1. The fourth-order valence-electron chi connectivity index (χ4n) is 3.74. The van der Waals surface area contributed by atoms with E-state index in [1.807, 2.05) is 12.1 Å². The number of ether oxygens (including phenoxy) is 1. The van der Waals surface area contributed by atoms with Crippen LogP contribution in [0.4, 0.5) is 10.5 Å². The second kappa shape index (κ2) is 10.2. The summed E-state index contributed by atoms with van der Waals surface area (Å²) in [6.07, 6.45) is 3.17. The van der Waals surface area contributed by atoms with E-state index in [4.69, 9.17) is 4.74 Å². The van der Waals surface area contributed by atoms with Crippen molar-refractivity contribution in [2.75, 3.05) is 31.5 Å². The minimum atomic E-state index is -3.48. The number of likely N-dealkylation sites (tertiary alicyclic amines) is 1. The van der Waals surface area contributed by atoms with Gasteiger partial charge in [-0.2, -0.15) is 0 Å². The van der Waals surface area contributed by atoms with Gasteiger partial charge >= 0.3 is 6.03 Å². The highest BCUT2D eigenvalue weighted by molar-refractivity contribution is 8.25. The van der Waals surface area contributed by atoms with Crippen molar-refractivity contribution in [3.05, 3.63) is 72.9 Å². The largest absolute Gasteiger partial charge is 0.495 e. The Balaban J connectivity index is 1.45. The minimum Gasteiger partial charge on any atom is -0.495 e. The fourth-order valence-corrected chi connectivity index (χ4v) is 5.04. The molecule has 35 heavy (non-hydrogen) atoms. The molecule has 0 atom stereocenters. The number of nitrogens with one attached hydrogen (secondary N) is 3. The summed E-state index contributed by atoms with van der Waals surface area (Å²) in [5, 5.41) is 6.20. The van der Waals surface area contributed by atoms with Crippen molar-refractivity contribution in [2.45, 2.75) is 10.9 Å². The van der Waals surface area contributed by atoms with E-state index in [1.165, 1.54) is 7.11 Å². The molecule has 0 aliphatic carbocycles. The fraction of sp³-hybridized carbons (Fsp3) is 0.208. The molecule has 184 valence electrons. The molecule has 2 heterocycles. The first-order valence-electron chi connectivity index (χ1n) is 10.8. The maximum Gasteiger partial charge on any atom is 0.315 e. The second-order valence-corrected chi connectivity index (χ2v) is 9.69. The molecule has 1 aromatic heterocycles. The van der Waals surface area contributed by atoms with Crippen LogP contribution >= 0.6 is 10.8 Å². The lowest BCUT2D eigenvalue weighted by atomic mass is 10.1. The number of urea groups is 1. The van der Waals surface area contributed by atoms with E-state index in [0.29, 0.717) is 36.4 Å². The van der Waals surface area contributed by atoms with Gasteiger partial charge in [0.2, 0.25) is 0 Å². The molecule has 3 aromatic rings. The zero-order valence-electron chi connectivity index (χ0n) is 19.1. The van der Waals surface area contributed by atoms with E-state index >= 15 is 0 Å². The number of rotatable bonds is 8. The first kappa shape index (κ1) is 24.3. The van der Waals surface area contributed by atoms with Crippen LogP contribution in [-0.4, -0.2) is 63.7 Å². The number of benzene rings is 2. The predicted molar refractivity (Wildman–Crippen MR) is 136 cm³/mol. The quantitative estimate of drug-likeness (QED) is 0.300. The number of anilines is 1. The van der Waals surface area contributed by atoms with Gasteiger partial charge in [0.1, 0.15) is 10.6 Å². The molecule has 4 rings (SSSR count).